The van der Waals surface area contributed by atoms with E-state index in [9.17, 15) is 26.4 Å². The molecule has 1 saturated heterocycles. The van der Waals surface area contributed by atoms with Crippen molar-refractivity contribution in [1.29, 1.82) is 0 Å². The Morgan fingerprint density at radius 2 is 1.77 bits per heavy atom. The van der Waals surface area contributed by atoms with Gasteiger partial charge in [-0.15, -0.1) is 0 Å². The Morgan fingerprint density at radius 1 is 1.13 bits per heavy atom. The molecular weight excluding hydrogens is 421 g/mol. The monoisotopic (exact) mass is 442 g/mol. The SMILES string of the molecule is Cc1ccc(S(=O)(=O)N2CCC[C@H]2C(=O)Nc2ccc(OCC(F)(F)F)cc2)cc1. The van der Waals surface area contributed by atoms with Crippen molar-refractivity contribution in [1.82, 2.24) is 4.31 Å². The molecule has 2 aromatic carbocycles. The van der Waals surface area contributed by atoms with E-state index in [0.29, 0.717) is 18.5 Å². The fraction of sp³-hybridized carbons (Fsp3) is 0.350. The summed E-state index contributed by atoms with van der Waals surface area (Å²) < 4.78 is 68.3. The van der Waals surface area contributed by atoms with Crippen LogP contribution < -0.4 is 10.1 Å². The molecular formula is C20H21F3N2O4S. The van der Waals surface area contributed by atoms with Gasteiger partial charge in [-0.3, -0.25) is 4.79 Å². The van der Waals surface area contributed by atoms with E-state index in [-0.39, 0.29) is 17.2 Å². The topological polar surface area (TPSA) is 75.7 Å². The van der Waals surface area contributed by atoms with E-state index < -0.39 is 34.8 Å². The lowest BCUT2D eigenvalue weighted by molar-refractivity contribution is -0.153. The summed E-state index contributed by atoms with van der Waals surface area (Å²) in [5, 5.41) is 2.62. The molecule has 10 heteroatoms. The van der Waals surface area contributed by atoms with Crippen molar-refractivity contribution in [2.45, 2.75) is 36.9 Å². The first-order chi connectivity index (χ1) is 14.1. The number of halogens is 3. The number of amides is 1. The smallest absolute Gasteiger partial charge is 0.422 e. The number of carbonyl (C=O) groups excluding carboxylic acids is 1. The average molecular weight is 442 g/mol. The molecule has 1 amide bonds. The Hall–Kier alpha value is -2.59. The Labute approximate surface area is 172 Å². The van der Waals surface area contributed by atoms with Crippen LogP contribution in [-0.4, -0.2) is 44.0 Å². The largest absolute Gasteiger partial charge is 0.484 e. The molecule has 3 rings (SSSR count). The normalized spacial score (nSPS) is 17.7. The molecule has 1 aliphatic heterocycles. The van der Waals surface area contributed by atoms with Crippen molar-refractivity contribution >= 4 is 21.6 Å². The minimum absolute atomic E-state index is 0.00904. The molecule has 2 aromatic rings. The highest BCUT2D eigenvalue weighted by Gasteiger charge is 2.39. The molecule has 162 valence electrons. The average Bonchev–Trinajstić information content (AvgIpc) is 3.18. The zero-order valence-corrected chi connectivity index (χ0v) is 17.0. The minimum atomic E-state index is -4.44. The molecule has 0 spiro atoms. The predicted octanol–water partition coefficient (Wildman–Crippen LogP) is 3.73. The van der Waals surface area contributed by atoms with Gasteiger partial charge in [-0.25, -0.2) is 8.42 Å². The number of aryl methyl sites for hydroxylation is 1. The molecule has 1 N–H and O–H groups in total. The van der Waals surface area contributed by atoms with E-state index in [1.165, 1.54) is 40.7 Å². The van der Waals surface area contributed by atoms with Crippen LogP contribution in [0.25, 0.3) is 0 Å². The van der Waals surface area contributed by atoms with Crippen LogP contribution in [0.3, 0.4) is 0 Å². The van der Waals surface area contributed by atoms with Gasteiger partial charge in [-0.05, 0) is 56.2 Å². The highest BCUT2D eigenvalue weighted by atomic mass is 32.2. The lowest BCUT2D eigenvalue weighted by Gasteiger charge is -2.23. The number of hydrogen-bond donors (Lipinski definition) is 1. The maximum atomic E-state index is 12.9. The summed E-state index contributed by atoms with van der Waals surface area (Å²) in [6.07, 6.45) is -3.52. The Balaban J connectivity index is 1.68. The van der Waals surface area contributed by atoms with Crippen molar-refractivity contribution in [3.8, 4) is 5.75 Å². The lowest BCUT2D eigenvalue weighted by Crippen LogP contribution is -2.43. The highest BCUT2D eigenvalue weighted by molar-refractivity contribution is 7.89. The molecule has 1 aliphatic rings. The van der Waals surface area contributed by atoms with Crippen LogP contribution in [0, 0.1) is 6.92 Å². The molecule has 1 heterocycles. The van der Waals surface area contributed by atoms with Crippen LogP contribution in [-0.2, 0) is 14.8 Å². The van der Waals surface area contributed by atoms with Crippen molar-refractivity contribution in [3.05, 3.63) is 54.1 Å². The summed E-state index contributed by atoms with van der Waals surface area (Å²) >= 11 is 0. The summed E-state index contributed by atoms with van der Waals surface area (Å²) in [5.41, 5.74) is 1.26. The quantitative estimate of drug-likeness (QED) is 0.740. The highest BCUT2D eigenvalue weighted by Crippen LogP contribution is 2.27. The maximum Gasteiger partial charge on any atom is 0.422 e. The van der Waals surface area contributed by atoms with E-state index in [1.807, 2.05) is 6.92 Å². The van der Waals surface area contributed by atoms with E-state index in [2.05, 4.69) is 10.1 Å². The van der Waals surface area contributed by atoms with E-state index in [1.54, 1.807) is 12.1 Å². The van der Waals surface area contributed by atoms with Gasteiger partial charge in [0.2, 0.25) is 15.9 Å². The lowest BCUT2D eigenvalue weighted by atomic mass is 10.2. The Morgan fingerprint density at radius 3 is 2.37 bits per heavy atom. The second-order valence-electron chi connectivity index (χ2n) is 7.00. The Kier molecular flexibility index (Phi) is 6.37. The van der Waals surface area contributed by atoms with Crippen molar-refractivity contribution < 1.29 is 31.1 Å². The second-order valence-corrected chi connectivity index (χ2v) is 8.89. The third-order valence-corrected chi connectivity index (χ3v) is 6.58. The zero-order chi connectivity index (χ0) is 21.9. The number of ether oxygens (including phenoxy) is 1. The summed E-state index contributed by atoms with van der Waals surface area (Å²) in [4.78, 5) is 12.8. The summed E-state index contributed by atoms with van der Waals surface area (Å²) in [5.74, 6) is -0.484. The number of nitrogens with zero attached hydrogens (tertiary/aromatic N) is 1. The van der Waals surface area contributed by atoms with Gasteiger partial charge in [-0.1, -0.05) is 17.7 Å². The van der Waals surface area contributed by atoms with E-state index >= 15 is 0 Å². The number of hydrogen-bond acceptors (Lipinski definition) is 4. The second kappa shape index (κ2) is 8.65. The number of benzene rings is 2. The maximum absolute atomic E-state index is 12.9. The van der Waals surface area contributed by atoms with Crippen LogP contribution in [0.4, 0.5) is 18.9 Å². The number of sulfonamides is 1. The van der Waals surface area contributed by atoms with Crippen molar-refractivity contribution in [3.63, 3.8) is 0 Å². The van der Waals surface area contributed by atoms with Crippen molar-refractivity contribution in [2.24, 2.45) is 0 Å². The first kappa shape index (κ1) is 22.1. The standard InChI is InChI=1S/C20H21F3N2O4S/c1-14-4-10-17(11-5-14)30(27,28)25-12-2-3-18(25)19(26)24-15-6-8-16(9-7-15)29-13-20(21,22)23/h4-11,18H,2-3,12-13H2,1H3,(H,24,26)/t18-/m0/s1. The van der Waals surface area contributed by atoms with Gasteiger partial charge in [0.1, 0.15) is 11.8 Å². The first-order valence-electron chi connectivity index (χ1n) is 9.25. The molecule has 30 heavy (non-hydrogen) atoms. The first-order valence-corrected chi connectivity index (χ1v) is 10.7. The van der Waals surface area contributed by atoms with Gasteiger partial charge in [0.05, 0.1) is 4.90 Å². The fourth-order valence-corrected chi connectivity index (χ4v) is 4.82. The minimum Gasteiger partial charge on any atom is -0.484 e. The van der Waals surface area contributed by atoms with Gasteiger partial charge in [0, 0.05) is 12.2 Å². The number of rotatable bonds is 6. The van der Waals surface area contributed by atoms with Gasteiger partial charge in [0.15, 0.2) is 6.61 Å². The van der Waals surface area contributed by atoms with Gasteiger partial charge in [-0.2, -0.15) is 17.5 Å². The molecule has 0 unspecified atom stereocenters. The molecule has 1 atom stereocenters. The third-order valence-electron chi connectivity index (χ3n) is 4.66. The van der Waals surface area contributed by atoms with Gasteiger partial charge in [0.25, 0.3) is 0 Å². The van der Waals surface area contributed by atoms with Crippen LogP contribution in [0.5, 0.6) is 5.75 Å². The van der Waals surface area contributed by atoms with Crippen molar-refractivity contribution in [2.75, 3.05) is 18.5 Å². The summed E-state index contributed by atoms with van der Waals surface area (Å²) in [6.45, 7) is 0.674. The number of nitrogens with one attached hydrogen (secondary N) is 1. The number of anilines is 1. The van der Waals surface area contributed by atoms with Crippen LogP contribution in [0.15, 0.2) is 53.4 Å². The van der Waals surface area contributed by atoms with Crippen LogP contribution >= 0.6 is 0 Å². The molecule has 0 aromatic heterocycles. The summed E-state index contributed by atoms with van der Waals surface area (Å²) in [6, 6.07) is 11.0. The third kappa shape index (κ3) is 5.31. The van der Waals surface area contributed by atoms with E-state index in [0.717, 1.165) is 5.56 Å². The number of carbonyl (C=O) groups is 1. The molecule has 0 bridgehead atoms. The van der Waals surface area contributed by atoms with Crippen LogP contribution in [0.2, 0.25) is 0 Å². The number of alkyl halides is 3. The van der Waals surface area contributed by atoms with Crippen LogP contribution in [0.1, 0.15) is 18.4 Å². The van der Waals surface area contributed by atoms with Gasteiger partial charge < -0.3 is 10.1 Å². The molecule has 6 nitrogen and oxygen atoms in total. The fourth-order valence-electron chi connectivity index (χ4n) is 3.16. The molecule has 0 radical (unpaired) electrons. The van der Waals surface area contributed by atoms with Gasteiger partial charge >= 0.3 is 6.18 Å². The molecule has 0 saturated carbocycles. The molecule has 1 fully saturated rings. The molecule has 0 aliphatic carbocycles. The predicted molar refractivity (Wildman–Crippen MR) is 105 cm³/mol. The summed E-state index contributed by atoms with van der Waals surface area (Å²) in [7, 11) is -3.82. The van der Waals surface area contributed by atoms with E-state index in [4.69, 9.17) is 0 Å². The Bertz CT molecular complexity index is 990. The zero-order valence-electron chi connectivity index (χ0n) is 16.1.